The molecule has 1 aliphatic carbocycles. The third-order valence-corrected chi connectivity index (χ3v) is 2.04. The minimum atomic E-state index is -1.92. The van der Waals surface area contributed by atoms with Gasteiger partial charge in [0.05, 0.1) is 12.2 Å². The van der Waals surface area contributed by atoms with Gasteiger partial charge in [0.15, 0.2) is 5.60 Å². The zero-order chi connectivity index (χ0) is 9.35. The second-order valence-corrected chi connectivity index (χ2v) is 3.04. The molecule has 0 aliphatic heterocycles. The molecule has 5 heteroatoms. The normalized spacial score (nSPS) is 42.6. The van der Waals surface area contributed by atoms with E-state index in [2.05, 4.69) is 0 Å². The first kappa shape index (κ1) is 9.44. The van der Waals surface area contributed by atoms with Gasteiger partial charge in [-0.05, 0) is 12.8 Å². The van der Waals surface area contributed by atoms with Crippen molar-refractivity contribution in [2.45, 2.75) is 30.7 Å². The van der Waals surface area contributed by atoms with Crippen molar-refractivity contribution in [2.75, 3.05) is 0 Å². The van der Waals surface area contributed by atoms with Gasteiger partial charge in [0, 0.05) is 6.42 Å². The Morgan fingerprint density at radius 3 is 2.50 bits per heavy atom. The largest absolute Gasteiger partial charge is 0.479 e. The quantitative estimate of drug-likeness (QED) is 0.389. The van der Waals surface area contributed by atoms with Gasteiger partial charge in [0.25, 0.3) is 0 Å². The zero-order valence-electron chi connectivity index (χ0n) is 6.34. The van der Waals surface area contributed by atoms with Crippen LogP contribution in [0.2, 0.25) is 0 Å². The number of aliphatic hydroxyl groups is 3. The Morgan fingerprint density at radius 1 is 1.50 bits per heavy atom. The minimum absolute atomic E-state index is 0.138. The van der Waals surface area contributed by atoms with Crippen LogP contribution in [-0.4, -0.2) is 44.2 Å². The molecule has 1 fully saturated rings. The summed E-state index contributed by atoms with van der Waals surface area (Å²) >= 11 is 0. The molecule has 1 rings (SSSR count). The highest BCUT2D eigenvalue weighted by Gasteiger charge is 2.44. The van der Waals surface area contributed by atoms with Crippen LogP contribution in [0, 0.1) is 6.42 Å². The second kappa shape index (κ2) is 3.01. The van der Waals surface area contributed by atoms with Crippen LogP contribution in [0.5, 0.6) is 0 Å². The molecular weight excluding hydrogens is 164 g/mol. The molecule has 3 atom stereocenters. The molecule has 0 aromatic heterocycles. The predicted octanol–water partition coefficient (Wildman–Crippen LogP) is -1.48. The molecule has 4 N–H and O–H groups in total. The highest BCUT2D eigenvalue weighted by atomic mass is 16.4. The summed E-state index contributed by atoms with van der Waals surface area (Å²) in [5.74, 6) is -1.37. The Bertz CT molecular complexity index is 192. The summed E-state index contributed by atoms with van der Waals surface area (Å²) in [6.45, 7) is 0. The van der Waals surface area contributed by atoms with E-state index in [0.717, 1.165) is 0 Å². The van der Waals surface area contributed by atoms with Gasteiger partial charge in [0.2, 0.25) is 0 Å². The van der Waals surface area contributed by atoms with E-state index in [-0.39, 0.29) is 12.8 Å². The van der Waals surface area contributed by atoms with Gasteiger partial charge in [0.1, 0.15) is 0 Å². The van der Waals surface area contributed by atoms with Crippen molar-refractivity contribution in [1.29, 1.82) is 0 Å². The molecule has 0 aromatic carbocycles. The molecule has 0 saturated heterocycles. The Kier molecular flexibility index (Phi) is 2.36. The fourth-order valence-corrected chi connectivity index (χ4v) is 1.20. The van der Waals surface area contributed by atoms with Crippen molar-refractivity contribution in [3.05, 3.63) is 6.42 Å². The molecule has 1 saturated carbocycles. The number of aliphatic carboxylic acids is 1. The third-order valence-electron chi connectivity index (χ3n) is 2.04. The standard InChI is InChI=1S/C7H11O5/c8-4-1-2-7(12,6(10)11)3-5(4)9/h1,4-5,8-9,12H,2-3H2,(H,10,11). The van der Waals surface area contributed by atoms with E-state index in [0.29, 0.717) is 0 Å². The third kappa shape index (κ3) is 1.57. The van der Waals surface area contributed by atoms with Crippen molar-refractivity contribution in [3.63, 3.8) is 0 Å². The van der Waals surface area contributed by atoms with Crippen molar-refractivity contribution >= 4 is 5.97 Å². The predicted molar refractivity (Wildman–Crippen MR) is 38.1 cm³/mol. The first-order valence-corrected chi connectivity index (χ1v) is 3.61. The summed E-state index contributed by atoms with van der Waals surface area (Å²) in [5.41, 5.74) is -1.92. The van der Waals surface area contributed by atoms with Crippen LogP contribution in [0.15, 0.2) is 0 Å². The average Bonchev–Trinajstić information content (AvgIpc) is 1.97. The van der Waals surface area contributed by atoms with E-state index >= 15 is 0 Å². The fourth-order valence-electron chi connectivity index (χ4n) is 1.20. The number of hydrogen-bond donors (Lipinski definition) is 4. The number of rotatable bonds is 1. The van der Waals surface area contributed by atoms with Gasteiger partial charge in [-0.3, -0.25) is 0 Å². The molecule has 0 bridgehead atoms. The molecule has 0 spiro atoms. The van der Waals surface area contributed by atoms with Crippen LogP contribution in [-0.2, 0) is 4.79 Å². The maximum atomic E-state index is 10.5. The van der Waals surface area contributed by atoms with Crippen molar-refractivity contribution in [3.8, 4) is 0 Å². The van der Waals surface area contributed by atoms with Gasteiger partial charge in [-0.15, -0.1) is 0 Å². The number of carbonyl (C=O) groups is 1. The van der Waals surface area contributed by atoms with Crippen LogP contribution in [0.25, 0.3) is 0 Å². The number of carboxylic acid groups (broad SMARTS) is 1. The lowest BCUT2D eigenvalue weighted by Gasteiger charge is -2.33. The van der Waals surface area contributed by atoms with Crippen molar-refractivity contribution in [2.24, 2.45) is 0 Å². The van der Waals surface area contributed by atoms with Crippen molar-refractivity contribution in [1.82, 2.24) is 0 Å². The topological polar surface area (TPSA) is 98.0 Å². The maximum absolute atomic E-state index is 10.5. The lowest BCUT2D eigenvalue weighted by Crippen LogP contribution is -2.49. The maximum Gasteiger partial charge on any atom is 0.335 e. The summed E-state index contributed by atoms with van der Waals surface area (Å²) < 4.78 is 0. The van der Waals surface area contributed by atoms with E-state index < -0.39 is 23.8 Å². The molecule has 69 valence electrons. The van der Waals surface area contributed by atoms with Gasteiger partial charge in [-0.25, -0.2) is 4.79 Å². The Hall–Kier alpha value is -0.650. The molecule has 1 aliphatic rings. The Balaban J connectivity index is 2.66. The number of aliphatic hydroxyl groups excluding tert-OH is 2. The molecule has 1 radical (unpaired) electrons. The highest BCUT2D eigenvalue weighted by Crippen LogP contribution is 2.28. The molecular formula is C7H11O5. The van der Waals surface area contributed by atoms with E-state index in [1.54, 1.807) is 0 Å². The summed E-state index contributed by atoms with van der Waals surface area (Å²) in [7, 11) is 0. The van der Waals surface area contributed by atoms with Gasteiger partial charge < -0.3 is 20.4 Å². The summed E-state index contributed by atoms with van der Waals surface area (Å²) in [6, 6.07) is 0. The first-order valence-electron chi connectivity index (χ1n) is 3.61. The fraction of sp³-hybridized carbons (Fsp3) is 0.714. The van der Waals surface area contributed by atoms with E-state index in [1.807, 2.05) is 0 Å². The molecule has 0 heterocycles. The number of carboxylic acids is 1. The zero-order valence-corrected chi connectivity index (χ0v) is 6.34. The summed E-state index contributed by atoms with van der Waals surface area (Å²) in [5, 5.41) is 35.9. The van der Waals surface area contributed by atoms with Crippen LogP contribution in [0.1, 0.15) is 12.8 Å². The molecule has 0 amide bonds. The van der Waals surface area contributed by atoms with Crippen LogP contribution in [0.3, 0.4) is 0 Å². The minimum Gasteiger partial charge on any atom is -0.479 e. The number of hydrogen-bond acceptors (Lipinski definition) is 4. The Morgan fingerprint density at radius 2 is 2.08 bits per heavy atom. The lowest BCUT2D eigenvalue weighted by atomic mass is 9.82. The molecule has 3 unspecified atom stereocenters. The van der Waals surface area contributed by atoms with E-state index in [9.17, 15) is 9.90 Å². The first-order chi connectivity index (χ1) is 5.46. The summed E-state index contributed by atoms with van der Waals surface area (Å²) in [6.07, 6.45) is -1.51. The van der Waals surface area contributed by atoms with Crippen LogP contribution in [0.4, 0.5) is 0 Å². The SMILES string of the molecule is O=C(O)C1(O)C[CH]C(O)C(O)C1. The van der Waals surface area contributed by atoms with Crippen molar-refractivity contribution < 1.29 is 25.2 Å². The molecule has 12 heavy (non-hydrogen) atoms. The van der Waals surface area contributed by atoms with Gasteiger partial charge in [-0.2, -0.15) is 0 Å². The molecule has 5 nitrogen and oxygen atoms in total. The monoisotopic (exact) mass is 175 g/mol. The highest BCUT2D eigenvalue weighted by molar-refractivity contribution is 5.77. The van der Waals surface area contributed by atoms with Gasteiger partial charge >= 0.3 is 5.97 Å². The lowest BCUT2D eigenvalue weighted by molar-refractivity contribution is -0.167. The van der Waals surface area contributed by atoms with Crippen LogP contribution >= 0.6 is 0 Å². The van der Waals surface area contributed by atoms with E-state index in [1.165, 1.54) is 6.42 Å². The molecule has 0 aromatic rings. The van der Waals surface area contributed by atoms with Crippen LogP contribution < -0.4 is 0 Å². The smallest absolute Gasteiger partial charge is 0.335 e. The van der Waals surface area contributed by atoms with E-state index in [4.69, 9.17) is 15.3 Å². The average molecular weight is 175 g/mol. The summed E-state index contributed by atoms with van der Waals surface area (Å²) in [4.78, 5) is 10.5. The Labute approximate surface area is 69.3 Å². The second-order valence-electron chi connectivity index (χ2n) is 3.04. The van der Waals surface area contributed by atoms with Gasteiger partial charge in [-0.1, -0.05) is 0 Å².